The van der Waals surface area contributed by atoms with Crippen LogP contribution in [0.15, 0.2) is 48.7 Å². The van der Waals surface area contributed by atoms with Gasteiger partial charge in [-0.15, -0.1) is 0 Å². The monoisotopic (exact) mass is 398 g/mol. The molecular weight excluding hydrogens is 372 g/mol. The van der Waals surface area contributed by atoms with Crippen LogP contribution < -0.4 is 11.5 Å². The van der Waals surface area contributed by atoms with E-state index in [1.54, 1.807) is 0 Å². The van der Waals surface area contributed by atoms with Crippen LogP contribution in [-0.2, 0) is 19.4 Å². The maximum atomic E-state index is 6.04. The third-order valence-electron chi connectivity index (χ3n) is 5.81. The topological polar surface area (TPSA) is 109 Å². The molecule has 2 aromatic heterocycles. The second-order valence-electron chi connectivity index (χ2n) is 7.99. The van der Waals surface area contributed by atoms with E-state index in [-0.39, 0.29) is 6.04 Å². The van der Waals surface area contributed by atoms with Gasteiger partial charge in [0.25, 0.3) is 0 Å². The first kappa shape index (κ1) is 18.8. The summed E-state index contributed by atoms with van der Waals surface area (Å²) >= 11 is 0. The SMILES string of the molecule is C[C@H](N)c1nc2c([nH]1)CCCc1cc(-c3ccc(-c4cnc(CN)[nH]4)cc3)ccc1-2. The second kappa shape index (κ2) is 7.55. The van der Waals surface area contributed by atoms with Crippen LogP contribution in [-0.4, -0.2) is 19.9 Å². The molecule has 1 aliphatic rings. The van der Waals surface area contributed by atoms with Crippen molar-refractivity contribution in [2.45, 2.75) is 38.8 Å². The van der Waals surface area contributed by atoms with Gasteiger partial charge in [-0.3, -0.25) is 0 Å². The van der Waals surface area contributed by atoms with Gasteiger partial charge in [0.1, 0.15) is 11.6 Å². The van der Waals surface area contributed by atoms with Crippen LogP contribution in [0.25, 0.3) is 33.6 Å². The van der Waals surface area contributed by atoms with E-state index >= 15 is 0 Å². The van der Waals surface area contributed by atoms with E-state index in [1.807, 2.05) is 13.1 Å². The summed E-state index contributed by atoms with van der Waals surface area (Å²) in [6.07, 6.45) is 4.99. The summed E-state index contributed by atoms with van der Waals surface area (Å²) in [5.41, 5.74) is 21.0. The van der Waals surface area contributed by atoms with Crippen molar-refractivity contribution >= 4 is 0 Å². The predicted molar refractivity (Wildman–Crippen MR) is 120 cm³/mol. The highest BCUT2D eigenvalue weighted by molar-refractivity contribution is 5.75. The molecule has 0 unspecified atom stereocenters. The molecule has 0 amide bonds. The largest absolute Gasteiger partial charge is 0.344 e. The number of aromatic amines is 2. The quantitative estimate of drug-likeness (QED) is 0.415. The van der Waals surface area contributed by atoms with Crippen LogP contribution in [0.2, 0.25) is 0 Å². The van der Waals surface area contributed by atoms with E-state index in [1.165, 1.54) is 27.9 Å². The smallest absolute Gasteiger partial charge is 0.123 e. The second-order valence-corrected chi connectivity index (χ2v) is 7.99. The number of nitrogens with two attached hydrogens (primary N) is 2. The Morgan fingerprint density at radius 2 is 1.77 bits per heavy atom. The Morgan fingerprint density at radius 1 is 1.00 bits per heavy atom. The molecule has 2 heterocycles. The summed E-state index contributed by atoms with van der Waals surface area (Å²) in [5, 5.41) is 0. The standard InChI is InChI=1S/C24H26N6/c1-14(26)24-29-20-4-2-3-18-11-17(9-10-19(18)23(20)30-24)15-5-7-16(8-6-15)21-13-27-22(12-25)28-21/h5-11,13-14H,2-4,12,25-26H2,1H3,(H,27,28)(H,29,30)/t14-/m0/s1. The lowest BCUT2D eigenvalue weighted by Gasteiger charge is -2.10. The number of fused-ring (bicyclic) bond motifs is 3. The van der Waals surface area contributed by atoms with Crippen molar-refractivity contribution in [3.8, 4) is 33.6 Å². The molecule has 1 atom stereocenters. The molecule has 1 aliphatic carbocycles. The van der Waals surface area contributed by atoms with Gasteiger partial charge in [0.2, 0.25) is 0 Å². The zero-order valence-electron chi connectivity index (χ0n) is 17.1. The van der Waals surface area contributed by atoms with Gasteiger partial charge < -0.3 is 21.4 Å². The highest BCUT2D eigenvalue weighted by Gasteiger charge is 2.20. The minimum atomic E-state index is -0.0889. The predicted octanol–water partition coefficient (Wildman–Crippen LogP) is 4.10. The number of benzene rings is 2. The molecule has 4 aromatic rings. The van der Waals surface area contributed by atoms with Gasteiger partial charge in [-0.05, 0) is 48.4 Å². The number of aromatic nitrogens is 4. The van der Waals surface area contributed by atoms with Crippen LogP contribution >= 0.6 is 0 Å². The van der Waals surface area contributed by atoms with Gasteiger partial charge in [0, 0.05) is 11.3 Å². The van der Waals surface area contributed by atoms with Gasteiger partial charge in [-0.1, -0.05) is 42.5 Å². The van der Waals surface area contributed by atoms with Crippen molar-refractivity contribution in [2.24, 2.45) is 11.5 Å². The van der Waals surface area contributed by atoms with E-state index in [0.29, 0.717) is 6.54 Å². The Kier molecular flexibility index (Phi) is 4.73. The van der Waals surface area contributed by atoms with Crippen molar-refractivity contribution in [3.05, 3.63) is 71.6 Å². The Balaban J connectivity index is 1.47. The summed E-state index contributed by atoms with van der Waals surface area (Å²) in [6, 6.07) is 15.2. The molecule has 0 spiro atoms. The number of imidazole rings is 2. The fourth-order valence-electron chi connectivity index (χ4n) is 4.17. The number of nitrogens with zero attached hydrogens (tertiary/aromatic N) is 2. The molecule has 0 bridgehead atoms. The van der Waals surface area contributed by atoms with Gasteiger partial charge in [-0.2, -0.15) is 0 Å². The molecule has 2 aromatic carbocycles. The van der Waals surface area contributed by atoms with E-state index in [4.69, 9.17) is 16.5 Å². The van der Waals surface area contributed by atoms with Crippen molar-refractivity contribution in [2.75, 3.05) is 0 Å². The molecule has 152 valence electrons. The molecule has 6 nitrogen and oxygen atoms in total. The molecule has 30 heavy (non-hydrogen) atoms. The summed E-state index contributed by atoms with van der Waals surface area (Å²) in [5.74, 6) is 1.66. The van der Waals surface area contributed by atoms with E-state index in [9.17, 15) is 0 Å². The summed E-state index contributed by atoms with van der Waals surface area (Å²) in [6.45, 7) is 2.38. The maximum absolute atomic E-state index is 6.04. The molecule has 0 saturated heterocycles. The lowest BCUT2D eigenvalue weighted by molar-refractivity contribution is 0.743. The van der Waals surface area contributed by atoms with Gasteiger partial charge >= 0.3 is 0 Å². The minimum absolute atomic E-state index is 0.0889. The highest BCUT2D eigenvalue weighted by atomic mass is 15.0. The third kappa shape index (κ3) is 3.34. The Bertz CT molecular complexity index is 1180. The molecule has 6 N–H and O–H groups in total. The Morgan fingerprint density at radius 3 is 2.50 bits per heavy atom. The van der Waals surface area contributed by atoms with E-state index in [2.05, 4.69) is 57.4 Å². The van der Waals surface area contributed by atoms with Crippen LogP contribution in [0.3, 0.4) is 0 Å². The zero-order valence-corrected chi connectivity index (χ0v) is 17.1. The van der Waals surface area contributed by atoms with Crippen LogP contribution in [0.1, 0.15) is 42.3 Å². The molecule has 0 saturated carbocycles. The average molecular weight is 399 g/mol. The fraction of sp³-hybridized carbons (Fsp3) is 0.250. The number of nitrogens with one attached hydrogen (secondary N) is 2. The van der Waals surface area contributed by atoms with E-state index < -0.39 is 0 Å². The molecule has 0 radical (unpaired) electrons. The van der Waals surface area contributed by atoms with Gasteiger partial charge in [0.15, 0.2) is 0 Å². The first-order valence-corrected chi connectivity index (χ1v) is 10.4. The van der Waals surface area contributed by atoms with Gasteiger partial charge in [0.05, 0.1) is 30.2 Å². The lowest BCUT2D eigenvalue weighted by Crippen LogP contribution is -2.07. The van der Waals surface area contributed by atoms with Crippen LogP contribution in [0.4, 0.5) is 0 Å². The minimum Gasteiger partial charge on any atom is -0.344 e. The summed E-state index contributed by atoms with van der Waals surface area (Å²) < 4.78 is 0. The number of hydrogen-bond acceptors (Lipinski definition) is 4. The molecule has 6 heteroatoms. The van der Waals surface area contributed by atoms with E-state index in [0.717, 1.165) is 47.9 Å². The average Bonchev–Trinajstić information content (AvgIpc) is 3.38. The third-order valence-corrected chi connectivity index (χ3v) is 5.81. The first-order chi connectivity index (χ1) is 14.6. The molecule has 0 aliphatic heterocycles. The number of hydrogen-bond donors (Lipinski definition) is 4. The number of rotatable bonds is 4. The lowest BCUT2D eigenvalue weighted by atomic mass is 9.95. The van der Waals surface area contributed by atoms with Crippen LogP contribution in [0, 0.1) is 0 Å². The number of H-pyrrole nitrogens is 2. The van der Waals surface area contributed by atoms with Crippen molar-refractivity contribution < 1.29 is 0 Å². The Hall–Kier alpha value is -3.22. The summed E-state index contributed by atoms with van der Waals surface area (Å²) in [4.78, 5) is 15.8. The van der Waals surface area contributed by atoms with Crippen molar-refractivity contribution in [1.29, 1.82) is 0 Å². The fourth-order valence-corrected chi connectivity index (χ4v) is 4.17. The normalized spacial score (nSPS) is 14.1. The maximum Gasteiger partial charge on any atom is 0.123 e. The van der Waals surface area contributed by atoms with Crippen molar-refractivity contribution in [1.82, 2.24) is 19.9 Å². The highest BCUT2D eigenvalue weighted by Crippen LogP contribution is 2.35. The van der Waals surface area contributed by atoms with Crippen LogP contribution in [0.5, 0.6) is 0 Å². The molecule has 0 fully saturated rings. The molecular formula is C24H26N6. The molecule has 5 rings (SSSR count). The Labute approximate surface area is 175 Å². The van der Waals surface area contributed by atoms with Crippen molar-refractivity contribution in [3.63, 3.8) is 0 Å². The zero-order chi connectivity index (χ0) is 20.7. The first-order valence-electron chi connectivity index (χ1n) is 10.4. The number of aryl methyl sites for hydroxylation is 2. The van der Waals surface area contributed by atoms with Gasteiger partial charge in [-0.25, -0.2) is 9.97 Å². The summed E-state index contributed by atoms with van der Waals surface area (Å²) in [7, 11) is 0.